The highest BCUT2D eigenvalue weighted by molar-refractivity contribution is 6.34. The fourth-order valence-corrected chi connectivity index (χ4v) is 8.47. The number of nitrogens with zero attached hydrogens (tertiary/aromatic N) is 6. The van der Waals surface area contributed by atoms with Gasteiger partial charge in [-0.2, -0.15) is 0 Å². The summed E-state index contributed by atoms with van der Waals surface area (Å²) in [5.41, 5.74) is 7.98. The summed E-state index contributed by atoms with van der Waals surface area (Å²) in [5, 5.41) is 12.0. The van der Waals surface area contributed by atoms with Crippen molar-refractivity contribution in [2.75, 3.05) is 0 Å². The van der Waals surface area contributed by atoms with Crippen LogP contribution >= 0.6 is 0 Å². The Hall–Kier alpha value is -6.92. The molecule has 0 saturated carbocycles. The maximum absolute atomic E-state index is 5.37. The summed E-state index contributed by atoms with van der Waals surface area (Å²) in [5.74, 6) is 1.33. The Bertz CT molecular complexity index is 3390. The van der Waals surface area contributed by atoms with Crippen molar-refractivity contribution in [3.8, 4) is 17.2 Å². The van der Waals surface area contributed by atoms with Crippen LogP contribution in [-0.4, -0.2) is 28.9 Å². The Labute approximate surface area is 283 Å². The molecular weight excluding hydrogens is 613 g/mol. The largest absolute Gasteiger partial charge is 0.308 e. The Morgan fingerprint density at radius 1 is 0.440 bits per heavy atom. The van der Waals surface area contributed by atoms with Crippen LogP contribution in [0.1, 0.15) is 0 Å². The fraction of sp³-hybridized carbons (Fsp3) is 0. The third-order valence-electron chi connectivity index (χ3n) is 10.5. The molecule has 230 valence electrons. The summed E-state index contributed by atoms with van der Waals surface area (Å²) in [6.07, 6.45) is 3.44. The predicted molar refractivity (Wildman–Crippen MR) is 205 cm³/mol. The molecule has 7 aromatic carbocycles. The highest BCUT2D eigenvalue weighted by Gasteiger charge is 2.25. The molecule has 0 N–H and O–H groups in total. The lowest BCUT2D eigenvalue weighted by Gasteiger charge is -2.13. The lowest BCUT2D eigenvalue weighted by Crippen LogP contribution is -2.05. The number of benzene rings is 7. The first-order chi connectivity index (χ1) is 24.8. The minimum atomic E-state index is 0.559. The second-order valence-corrected chi connectivity index (χ2v) is 13.1. The van der Waals surface area contributed by atoms with Gasteiger partial charge in [-0.3, -0.25) is 4.57 Å². The molecule has 12 aromatic rings. The second kappa shape index (κ2) is 9.36. The second-order valence-electron chi connectivity index (χ2n) is 13.1. The Balaban J connectivity index is 1.28. The molecule has 0 aliphatic rings. The van der Waals surface area contributed by atoms with Crippen molar-refractivity contribution in [1.29, 1.82) is 0 Å². The van der Waals surface area contributed by atoms with Crippen LogP contribution in [0.2, 0.25) is 0 Å². The van der Waals surface area contributed by atoms with Gasteiger partial charge in [0, 0.05) is 55.7 Å². The van der Waals surface area contributed by atoms with Crippen LogP contribution in [0.15, 0.2) is 146 Å². The van der Waals surface area contributed by atoms with Gasteiger partial charge in [-0.1, -0.05) is 109 Å². The Morgan fingerprint density at radius 3 is 2.08 bits per heavy atom. The van der Waals surface area contributed by atoms with E-state index in [9.17, 15) is 0 Å². The molecule has 5 heterocycles. The number of hydrogen-bond acceptors (Lipinski definition) is 4. The number of aromatic nitrogens is 6. The highest BCUT2D eigenvalue weighted by Crippen LogP contribution is 2.46. The first-order valence-corrected chi connectivity index (χ1v) is 16.8. The molecule has 0 aliphatic heterocycles. The lowest BCUT2D eigenvalue weighted by atomic mass is 10.0. The van der Waals surface area contributed by atoms with E-state index in [0.29, 0.717) is 22.8 Å². The lowest BCUT2D eigenvalue weighted by molar-refractivity contribution is 1.05. The van der Waals surface area contributed by atoms with Crippen molar-refractivity contribution >= 4 is 92.6 Å². The molecule has 0 radical (unpaired) electrons. The molecule has 0 fully saturated rings. The minimum absolute atomic E-state index is 0.559. The highest BCUT2D eigenvalue weighted by atomic mass is 15.1. The van der Waals surface area contributed by atoms with Crippen LogP contribution in [0, 0.1) is 0 Å². The molecule has 0 saturated heterocycles. The maximum Gasteiger partial charge on any atom is 0.184 e. The molecule has 0 amide bonds. The predicted octanol–water partition coefficient (Wildman–Crippen LogP) is 10.6. The van der Waals surface area contributed by atoms with Gasteiger partial charge < -0.3 is 4.40 Å². The quantitative estimate of drug-likeness (QED) is 0.189. The van der Waals surface area contributed by atoms with Crippen LogP contribution in [0.4, 0.5) is 0 Å². The minimum Gasteiger partial charge on any atom is -0.308 e. The smallest absolute Gasteiger partial charge is 0.184 e. The van der Waals surface area contributed by atoms with Crippen molar-refractivity contribution in [3.05, 3.63) is 146 Å². The Morgan fingerprint density at radius 2 is 1.14 bits per heavy atom. The van der Waals surface area contributed by atoms with E-state index < -0.39 is 0 Å². The fourth-order valence-electron chi connectivity index (χ4n) is 8.47. The molecule has 0 bridgehead atoms. The van der Waals surface area contributed by atoms with Crippen LogP contribution in [0.25, 0.3) is 110 Å². The van der Waals surface area contributed by atoms with E-state index in [1.165, 1.54) is 59.6 Å². The zero-order chi connectivity index (χ0) is 32.5. The van der Waals surface area contributed by atoms with Crippen molar-refractivity contribution in [2.45, 2.75) is 0 Å². The van der Waals surface area contributed by atoms with Gasteiger partial charge >= 0.3 is 0 Å². The molecule has 0 aliphatic carbocycles. The van der Waals surface area contributed by atoms with Gasteiger partial charge in [-0.25, -0.2) is 19.9 Å². The molecule has 0 unspecified atom stereocenters. The van der Waals surface area contributed by atoms with E-state index in [2.05, 4.69) is 142 Å². The van der Waals surface area contributed by atoms with E-state index in [-0.39, 0.29) is 0 Å². The van der Waals surface area contributed by atoms with Crippen LogP contribution < -0.4 is 0 Å². The topological polar surface area (TPSA) is 60.9 Å². The third kappa shape index (κ3) is 3.27. The summed E-state index contributed by atoms with van der Waals surface area (Å²) >= 11 is 0. The van der Waals surface area contributed by atoms with Crippen LogP contribution in [0.5, 0.6) is 0 Å². The Kier molecular flexibility index (Phi) is 4.89. The molecule has 6 nitrogen and oxygen atoms in total. The molecule has 6 heteroatoms. The van der Waals surface area contributed by atoms with E-state index in [0.717, 1.165) is 27.4 Å². The monoisotopic (exact) mass is 636 g/mol. The normalized spacial score (nSPS) is 12.4. The molecule has 5 aromatic heterocycles. The molecule has 0 spiro atoms. The van der Waals surface area contributed by atoms with Gasteiger partial charge in [0.1, 0.15) is 0 Å². The summed E-state index contributed by atoms with van der Waals surface area (Å²) in [6, 6.07) is 47.9. The zero-order valence-electron chi connectivity index (χ0n) is 26.5. The summed E-state index contributed by atoms with van der Waals surface area (Å²) in [6.45, 7) is 0. The van der Waals surface area contributed by atoms with Gasteiger partial charge in [-0.15, -0.1) is 0 Å². The van der Waals surface area contributed by atoms with Crippen molar-refractivity contribution in [3.63, 3.8) is 0 Å². The average molecular weight is 637 g/mol. The molecule has 12 rings (SSSR count). The van der Waals surface area contributed by atoms with Crippen molar-refractivity contribution in [2.24, 2.45) is 0 Å². The van der Waals surface area contributed by atoms with Crippen molar-refractivity contribution < 1.29 is 0 Å². The number of fused-ring (bicyclic) bond motifs is 14. The van der Waals surface area contributed by atoms with E-state index in [4.69, 9.17) is 19.9 Å². The molecular formula is C44H24N6. The van der Waals surface area contributed by atoms with Crippen LogP contribution in [-0.2, 0) is 0 Å². The van der Waals surface area contributed by atoms with Gasteiger partial charge in [-0.05, 0) is 40.4 Å². The van der Waals surface area contributed by atoms with Gasteiger partial charge in [0.2, 0.25) is 0 Å². The van der Waals surface area contributed by atoms with Crippen LogP contribution in [0.3, 0.4) is 0 Å². The number of rotatable bonds is 2. The first-order valence-electron chi connectivity index (χ1n) is 16.8. The van der Waals surface area contributed by atoms with E-state index in [1.54, 1.807) is 12.4 Å². The summed E-state index contributed by atoms with van der Waals surface area (Å²) in [7, 11) is 0. The summed E-state index contributed by atoms with van der Waals surface area (Å²) < 4.78 is 4.75. The number of para-hydroxylation sites is 2. The van der Waals surface area contributed by atoms with Gasteiger partial charge in [0.05, 0.1) is 27.6 Å². The maximum atomic E-state index is 5.37. The first kappa shape index (κ1) is 26.1. The molecule has 50 heavy (non-hydrogen) atoms. The van der Waals surface area contributed by atoms with E-state index >= 15 is 0 Å². The van der Waals surface area contributed by atoms with Gasteiger partial charge in [0.25, 0.3) is 0 Å². The third-order valence-corrected chi connectivity index (χ3v) is 10.5. The zero-order valence-corrected chi connectivity index (χ0v) is 26.5. The summed E-state index contributed by atoms with van der Waals surface area (Å²) in [4.78, 5) is 19.9. The standard InChI is InChI=1S/C44H24N6/c1-2-10-27-24-28(17-16-25(27)8-1)42-47-43-39(45-22-23-46-43)44(48-42)50-36-21-20-35-37(38(36)33-19-18-26-9-3-4-11-29(26)40(33)50)32-14-7-13-31-30-12-5-6-15-34(30)49(35)41(31)32/h1-24H. The van der Waals surface area contributed by atoms with E-state index in [1.807, 2.05) is 0 Å². The van der Waals surface area contributed by atoms with Gasteiger partial charge in [0.15, 0.2) is 22.8 Å². The average Bonchev–Trinajstić information content (AvgIpc) is 3.82. The van der Waals surface area contributed by atoms with Crippen molar-refractivity contribution in [1.82, 2.24) is 28.9 Å². The molecule has 0 atom stereocenters. The SMILES string of the molecule is c1ccc2cc(-c3nc(-n4c5ccc6c(c7cccc8c9ccccc9n6c87)c5c5ccc6ccccc6c54)c4nccnc4n3)ccc2c1. The number of hydrogen-bond donors (Lipinski definition) is 0.